The molecule has 1 saturated carbocycles. The van der Waals surface area contributed by atoms with E-state index in [0.29, 0.717) is 30.1 Å². The molecule has 1 fully saturated rings. The van der Waals surface area contributed by atoms with Crippen molar-refractivity contribution < 1.29 is 9.18 Å². The third kappa shape index (κ3) is 3.15. The van der Waals surface area contributed by atoms with Gasteiger partial charge in [-0.15, -0.1) is 0 Å². The van der Waals surface area contributed by atoms with Crippen LogP contribution in [0, 0.1) is 17.7 Å². The molecule has 92 valence electrons. The molecule has 1 nitrogen and oxygen atoms in total. The molecule has 1 aliphatic rings. The summed E-state index contributed by atoms with van der Waals surface area (Å²) in [7, 11) is 0. The molecular formula is C14H16BrFO. The Morgan fingerprint density at radius 2 is 2.24 bits per heavy atom. The summed E-state index contributed by atoms with van der Waals surface area (Å²) >= 11 is 3.24. The van der Waals surface area contributed by atoms with Gasteiger partial charge in [-0.2, -0.15) is 0 Å². The molecule has 0 amide bonds. The predicted molar refractivity (Wildman–Crippen MR) is 69.3 cm³/mol. The van der Waals surface area contributed by atoms with Gasteiger partial charge >= 0.3 is 0 Å². The molecule has 0 saturated heterocycles. The number of rotatable bonds is 2. The van der Waals surface area contributed by atoms with Crippen molar-refractivity contribution in [3.63, 3.8) is 0 Å². The smallest absolute Gasteiger partial charge is 0.136 e. The molecule has 2 unspecified atom stereocenters. The number of hydrogen-bond donors (Lipinski definition) is 0. The first-order chi connectivity index (χ1) is 8.06. The second-order valence-corrected chi connectivity index (χ2v) is 5.90. The first-order valence-corrected chi connectivity index (χ1v) is 6.82. The Kier molecular flexibility index (Phi) is 3.97. The van der Waals surface area contributed by atoms with Crippen molar-refractivity contribution >= 4 is 21.7 Å². The maximum Gasteiger partial charge on any atom is 0.136 e. The third-order valence-electron chi connectivity index (χ3n) is 3.51. The number of ketones is 1. The lowest BCUT2D eigenvalue weighted by atomic mass is 9.78. The number of benzene rings is 1. The number of carbonyl (C=O) groups is 1. The number of hydrogen-bond acceptors (Lipinski definition) is 1. The average molecular weight is 299 g/mol. The molecule has 0 bridgehead atoms. The van der Waals surface area contributed by atoms with Gasteiger partial charge < -0.3 is 0 Å². The molecule has 1 aliphatic carbocycles. The summed E-state index contributed by atoms with van der Waals surface area (Å²) in [6.07, 6.45) is 3.08. The van der Waals surface area contributed by atoms with Gasteiger partial charge in [0.15, 0.2) is 0 Å². The van der Waals surface area contributed by atoms with Gasteiger partial charge in [-0.25, -0.2) is 4.39 Å². The van der Waals surface area contributed by atoms with Gasteiger partial charge in [0.05, 0.1) is 0 Å². The molecule has 0 radical (unpaired) electrons. The van der Waals surface area contributed by atoms with Gasteiger partial charge in [-0.1, -0.05) is 28.9 Å². The van der Waals surface area contributed by atoms with Crippen LogP contribution in [-0.4, -0.2) is 5.78 Å². The third-order valence-corrected chi connectivity index (χ3v) is 4.00. The molecule has 3 heteroatoms. The van der Waals surface area contributed by atoms with Crippen LogP contribution in [0.25, 0.3) is 0 Å². The summed E-state index contributed by atoms with van der Waals surface area (Å²) < 4.78 is 14.4. The Bertz CT molecular complexity index is 430. The van der Waals surface area contributed by atoms with Gasteiger partial charge in [0.1, 0.15) is 11.6 Å². The lowest BCUT2D eigenvalue weighted by Gasteiger charge is -2.25. The Hall–Kier alpha value is -0.700. The topological polar surface area (TPSA) is 17.1 Å². The van der Waals surface area contributed by atoms with Crippen LogP contribution < -0.4 is 0 Å². The second kappa shape index (κ2) is 5.30. The Balaban J connectivity index is 2.11. The summed E-state index contributed by atoms with van der Waals surface area (Å²) in [6, 6.07) is 5.06. The zero-order chi connectivity index (χ0) is 12.4. The molecule has 1 aromatic rings. The fraction of sp³-hybridized carbons (Fsp3) is 0.500. The Labute approximate surface area is 110 Å². The lowest BCUT2D eigenvalue weighted by molar-refractivity contribution is -0.125. The quantitative estimate of drug-likeness (QED) is 0.802. The molecule has 17 heavy (non-hydrogen) atoms. The highest BCUT2D eigenvalue weighted by Gasteiger charge is 2.27. The van der Waals surface area contributed by atoms with Crippen molar-refractivity contribution in [1.29, 1.82) is 0 Å². The van der Waals surface area contributed by atoms with E-state index in [1.165, 1.54) is 6.07 Å². The van der Waals surface area contributed by atoms with E-state index in [2.05, 4.69) is 22.9 Å². The van der Waals surface area contributed by atoms with Crippen molar-refractivity contribution in [2.45, 2.75) is 32.6 Å². The minimum absolute atomic E-state index is 0.00873. The van der Waals surface area contributed by atoms with Crippen LogP contribution in [-0.2, 0) is 11.2 Å². The summed E-state index contributed by atoms with van der Waals surface area (Å²) in [6.45, 7) is 2.16. The fourth-order valence-corrected chi connectivity index (χ4v) is 2.81. The zero-order valence-electron chi connectivity index (χ0n) is 9.88. The molecule has 0 aromatic heterocycles. The first-order valence-electron chi connectivity index (χ1n) is 6.03. The zero-order valence-corrected chi connectivity index (χ0v) is 11.5. The van der Waals surface area contributed by atoms with Gasteiger partial charge in [0.2, 0.25) is 0 Å². The van der Waals surface area contributed by atoms with Crippen molar-refractivity contribution in [1.82, 2.24) is 0 Å². The van der Waals surface area contributed by atoms with Crippen LogP contribution in [0.5, 0.6) is 0 Å². The van der Waals surface area contributed by atoms with Crippen LogP contribution in [0.2, 0.25) is 0 Å². The van der Waals surface area contributed by atoms with E-state index < -0.39 is 0 Å². The van der Waals surface area contributed by atoms with Gasteiger partial charge in [-0.3, -0.25) is 4.79 Å². The molecule has 0 spiro atoms. The van der Waals surface area contributed by atoms with E-state index in [4.69, 9.17) is 0 Å². The predicted octanol–water partition coefficient (Wildman–Crippen LogP) is 4.14. The minimum Gasteiger partial charge on any atom is -0.299 e. The van der Waals surface area contributed by atoms with Crippen molar-refractivity contribution in [3.8, 4) is 0 Å². The average Bonchev–Trinajstić information content (AvgIpc) is 2.27. The van der Waals surface area contributed by atoms with Crippen molar-refractivity contribution in [2.75, 3.05) is 0 Å². The Morgan fingerprint density at radius 1 is 1.47 bits per heavy atom. The van der Waals surface area contributed by atoms with Crippen molar-refractivity contribution in [2.24, 2.45) is 11.8 Å². The summed E-state index contributed by atoms with van der Waals surface area (Å²) in [5, 5.41) is 0. The number of carbonyl (C=O) groups excluding carboxylic acids is 1. The highest BCUT2D eigenvalue weighted by atomic mass is 79.9. The maximum atomic E-state index is 13.7. The van der Waals surface area contributed by atoms with Crippen molar-refractivity contribution in [3.05, 3.63) is 34.1 Å². The largest absolute Gasteiger partial charge is 0.299 e. The summed E-state index contributed by atoms with van der Waals surface area (Å²) in [4.78, 5) is 11.8. The molecule has 0 N–H and O–H groups in total. The molecule has 0 aliphatic heterocycles. The maximum absolute atomic E-state index is 13.7. The summed E-state index contributed by atoms with van der Waals surface area (Å²) in [5.41, 5.74) is 0.653. The van der Waals surface area contributed by atoms with Crippen LogP contribution in [0.15, 0.2) is 22.7 Å². The number of halogens is 2. The van der Waals surface area contributed by atoms with E-state index in [-0.39, 0.29) is 11.7 Å². The lowest BCUT2D eigenvalue weighted by Crippen LogP contribution is -2.25. The monoisotopic (exact) mass is 298 g/mol. The molecule has 2 atom stereocenters. The van der Waals surface area contributed by atoms with E-state index in [1.54, 1.807) is 6.07 Å². The number of Topliss-reactive ketones (excluding diaryl/α,β-unsaturated/α-hetero) is 1. The normalized spacial score (nSPS) is 25.0. The first kappa shape index (κ1) is 12.7. The molecule has 2 rings (SSSR count). The van der Waals surface area contributed by atoms with Crippen LogP contribution in [0.4, 0.5) is 4.39 Å². The van der Waals surface area contributed by atoms with E-state index in [9.17, 15) is 9.18 Å². The van der Waals surface area contributed by atoms with Crippen LogP contribution >= 0.6 is 15.9 Å². The van der Waals surface area contributed by atoms with E-state index in [1.807, 2.05) is 6.07 Å². The van der Waals surface area contributed by atoms with Gasteiger partial charge in [0.25, 0.3) is 0 Å². The van der Waals surface area contributed by atoms with Gasteiger partial charge in [-0.05, 0) is 42.9 Å². The second-order valence-electron chi connectivity index (χ2n) is 4.98. The fourth-order valence-electron chi connectivity index (χ4n) is 2.48. The van der Waals surface area contributed by atoms with E-state index in [0.717, 1.165) is 17.3 Å². The van der Waals surface area contributed by atoms with Crippen LogP contribution in [0.3, 0.4) is 0 Å². The highest BCUT2D eigenvalue weighted by Crippen LogP contribution is 2.29. The minimum atomic E-state index is -0.217. The summed E-state index contributed by atoms with van der Waals surface area (Å²) in [5.74, 6) is 0.668. The SMILES string of the molecule is CC1CCC(=O)C(Cc2ccc(Br)cc2F)C1. The standard InChI is InChI=1S/C14H16BrFO/c1-9-2-5-14(17)11(6-9)7-10-3-4-12(15)8-13(10)16/h3-4,8-9,11H,2,5-7H2,1H3. The molecular weight excluding hydrogens is 283 g/mol. The van der Waals surface area contributed by atoms with E-state index >= 15 is 0 Å². The van der Waals surface area contributed by atoms with Crippen LogP contribution in [0.1, 0.15) is 31.7 Å². The highest BCUT2D eigenvalue weighted by molar-refractivity contribution is 9.10. The van der Waals surface area contributed by atoms with Gasteiger partial charge in [0, 0.05) is 16.8 Å². The molecule has 0 heterocycles. The molecule has 1 aromatic carbocycles. The Morgan fingerprint density at radius 3 is 2.94 bits per heavy atom.